The second-order valence-corrected chi connectivity index (χ2v) is 7.10. The Hall–Kier alpha value is -2.20. The Kier molecular flexibility index (Phi) is 6.99. The van der Waals surface area contributed by atoms with E-state index >= 15 is 0 Å². The first kappa shape index (κ1) is 19.6. The van der Waals surface area contributed by atoms with Crippen LogP contribution in [0.5, 0.6) is 5.75 Å². The first-order valence-corrected chi connectivity index (χ1v) is 9.41. The van der Waals surface area contributed by atoms with E-state index in [0.717, 1.165) is 27.5 Å². The molecule has 0 amide bonds. The largest absolute Gasteiger partial charge is 0.489 e. The lowest BCUT2D eigenvalue weighted by Gasteiger charge is -2.08. The molecule has 6 heteroatoms. The van der Waals surface area contributed by atoms with E-state index < -0.39 is 0 Å². The predicted octanol–water partition coefficient (Wildman–Crippen LogP) is 6.35. The Morgan fingerprint density at radius 1 is 0.889 bits per heavy atom. The summed E-state index contributed by atoms with van der Waals surface area (Å²) in [6.45, 7) is 0.990. The average Bonchev–Trinajstić information content (AvgIpc) is 2.66. The van der Waals surface area contributed by atoms with Crippen molar-refractivity contribution in [1.29, 1.82) is 0 Å². The molecule has 0 bridgehead atoms. The molecule has 3 nitrogen and oxygen atoms in total. The van der Waals surface area contributed by atoms with Crippen LogP contribution in [0.4, 0.5) is 0 Å². The van der Waals surface area contributed by atoms with Crippen molar-refractivity contribution in [2.24, 2.45) is 5.10 Å². The maximum Gasteiger partial charge on any atom is 0.120 e. The van der Waals surface area contributed by atoms with Gasteiger partial charge in [-0.15, -0.1) is 0 Å². The van der Waals surface area contributed by atoms with E-state index in [2.05, 4.69) is 10.5 Å². The number of nitrogens with one attached hydrogen (secondary N) is 1. The second-order valence-electron chi connectivity index (χ2n) is 5.82. The normalized spacial score (nSPS) is 10.9. The van der Waals surface area contributed by atoms with E-state index in [4.69, 9.17) is 39.5 Å². The Morgan fingerprint density at radius 3 is 2.44 bits per heavy atom. The maximum atomic E-state index is 6.17. The van der Waals surface area contributed by atoms with E-state index in [1.807, 2.05) is 54.6 Å². The zero-order valence-corrected chi connectivity index (χ0v) is 16.6. The van der Waals surface area contributed by atoms with Gasteiger partial charge in [-0.3, -0.25) is 0 Å². The Bertz CT molecular complexity index is 927. The molecule has 3 aromatic rings. The Balaban J connectivity index is 1.54. The van der Waals surface area contributed by atoms with Crippen LogP contribution in [-0.4, -0.2) is 6.21 Å². The minimum atomic E-state index is 0.366. The van der Waals surface area contributed by atoms with Gasteiger partial charge in [0, 0.05) is 20.6 Å². The summed E-state index contributed by atoms with van der Waals surface area (Å²) >= 11 is 18.0. The number of nitrogens with zero attached hydrogens (tertiary/aromatic N) is 1. The van der Waals surface area contributed by atoms with Gasteiger partial charge in [-0.25, -0.2) is 0 Å². The lowest BCUT2D eigenvalue weighted by molar-refractivity contribution is 0.306. The fraction of sp³-hybridized carbons (Fsp3) is 0.0952. The number of ether oxygens (including phenoxy) is 1. The van der Waals surface area contributed by atoms with Gasteiger partial charge in [0.25, 0.3) is 0 Å². The molecule has 0 aliphatic rings. The highest BCUT2D eigenvalue weighted by Gasteiger charge is 2.03. The maximum absolute atomic E-state index is 6.17. The van der Waals surface area contributed by atoms with Crippen LogP contribution in [0.15, 0.2) is 71.8 Å². The molecule has 0 aliphatic heterocycles. The third-order valence-corrected chi connectivity index (χ3v) is 4.61. The van der Waals surface area contributed by atoms with Crippen LogP contribution in [0, 0.1) is 0 Å². The number of hydrazone groups is 1. The molecular weight excluding hydrogens is 403 g/mol. The quantitative estimate of drug-likeness (QED) is 0.357. The highest BCUT2D eigenvalue weighted by atomic mass is 35.5. The summed E-state index contributed by atoms with van der Waals surface area (Å²) < 4.78 is 5.82. The van der Waals surface area contributed by atoms with Crippen molar-refractivity contribution in [3.05, 3.63) is 98.5 Å². The molecule has 3 rings (SSSR count). The van der Waals surface area contributed by atoms with E-state index in [0.29, 0.717) is 23.2 Å². The van der Waals surface area contributed by atoms with Gasteiger partial charge in [-0.2, -0.15) is 5.10 Å². The highest BCUT2D eigenvalue weighted by Crippen LogP contribution is 2.23. The third-order valence-electron chi connectivity index (χ3n) is 3.77. The van der Waals surface area contributed by atoms with Crippen molar-refractivity contribution in [1.82, 2.24) is 5.43 Å². The molecule has 0 saturated carbocycles. The highest BCUT2D eigenvalue weighted by molar-refractivity contribution is 6.35. The van der Waals surface area contributed by atoms with Crippen LogP contribution in [0.2, 0.25) is 15.1 Å². The number of hydrogen-bond acceptors (Lipinski definition) is 3. The molecule has 0 heterocycles. The topological polar surface area (TPSA) is 33.6 Å². The monoisotopic (exact) mass is 418 g/mol. The summed E-state index contributed by atoms with van der Waals surface area (Å²) in [5.74, 6) is 0.739. The zero-order valence-electron chi connectivity index (χ0n) is 14.3. The predicted molar refractivity (Wildman–Crippen MR) is 113 cm³/mol. The number of halogens is 3. The minimum Gasteiger partial charge on any atom is -0.489 e. The van der Waals surface area contributed by atoms with Crippen molar-refractivity contribution in [2.75, 3.05) is 0 Å². The zero-order chi connectivity index (χ0) is 19.1. The smallest absolute Gasteiger partial charge is 0.120 e. The summed E-state index contributed by atoms with van der Waals surface area (Å²) in [5.41, 5.74) is 5.93. The molecule has 0 atom stereocenters. The van der Waals surface area contributed by atoms with Crippen LogP contribution in [-0.2, 0) is 13.2 Å². The van der Waals surface area contributed by atoms with Gasteiger partial charge in [0.05, 0.1) is 12.8 Å². The summed E-state index contributed by atoms with van der Waals surface area (Å²) in [7, 11) is 0. The molecule has 0 fully saturated rings. The Labute approximate surface area is 173 Å². The van der Waals surface area contributed by atoms with Crippen molar-refractivity contribution in [2.45, 2.75) is 13.2 Å². The number of hydrogen-bond donors (Lipinski definition) is 1. The van der Waals surface area contributed by atoms with Crippen LogP contribution in [0.1, 0.15) is 16.7 Å². The minimum absolute atomic E-state index is 0.366. The fourth-order valence-corrected chi connectivity index (χ4v) is 2.93. The van der Waals surface area contributed by atoms with E-state index in [1.165, 1.54) is 0 Å². The molecule has 1 N–H and O–H groups in total. The van der Waals surface area contributed by atoms with Gasteiger partial charge < -0.3 is 10.2 Å². The lowest BCUT2D eigenvalue weighted by atomic mass is 10.2. The van der Waals surface area contributed by atoms with Crippen LogP contribution in [0.25, 0.3) is 0 Å². The molecule has 0 aromatic heterocycles. The standard InChI is InChI=1S/C21H17Cl3N2O/c22-18-7-4-15(5-8-18)12-25-26-13-16-2-1-3-20(10-16)27-14-17-6-9-19(23)11-21(17)24/h1-11,13,25H,12,14H2/b26-13-. The first-order chi connectivity index (χ1) is 13.1. The lowest BCUT2D eigenvalue weighted by Crippen LogP contribution is -2.05. The van der Waals surface area contributed by atoms with Crippen molar-refractivity contribution in [3.8, 4) is 5.75 Å². The van der Waals surface area contributed by atoms with Crippen molar-refractivity contribution < 1.29 is 4.74 Å². The summed E-state index contributed by atoms with van der Waals surface area (Å²) in [4.78, 5) is 0. The van der Waals surface area contributed by atoms with Gasteiger partial charge in [0.1, 0.15) is 12.4 Å². The molecule has 0 spiro atoms. The van der Waals surface area contributed by atoms with Crippen molar-refractivity contribution in [3.63, 3.8) is 0 Å². The molecule has 0 unspecified atom stereocenters. The first-order valence-electron chi connectivity index (χ1n) is 8.27. The molecule has 138 valence electrons. The second kappa shape index (κ2) is 9.65. The van der Waals surface area contributed by atoms with Gasteiger partial charge in [-0.05, 0) is 47.5 Å². The van der Waals surface area contributed by atoms with E-state index in [-0.39, 0.29) is 0 Å². The van der Waals surface area contributed by atoms with Gasteiger partial charge >= 0.3 is 0 Å². The van der Waals surface area contributed by atoms with E-state index in [1.54, 1.807) is 18.3 Å². The van der Waals surface area contributed by atoms with Crippen molar-refractivity contribution >= 4 is 41.0 Å². The number of benzene rings is 3. The molecular formula is C21H17Cl3N2O. The van der Waals surface area contributed by atoms with Gasteiger partial charge in [-0.1, -0.05) is 65.1 Å². The fourth-order valence-electron chi connectivity index (χ4n) is 2.34. The van der Waals surface area contributed by atoms with Crippen LogP contribution < -0.4 is 10.2 Å². The van der Waals surface area contributed by atoms with Crippen LogP contribution >= 0.6 is 34.8 Å². The van der Waals surface area contributed by atoms with Crippen LogP contribution in [0.3, 0.4) is 0 Å². The molecule has 27 heavy (non-hydrogen) atoms. The summed E-state index contributed by atoms with van der Waals surface area (Å²) in [5, 5.41) is 6.16. The summed E-state index contributed by atoms with van der Waals surface area (Å²) in [6, 6.07) is 20.7. The molecule has 3 aromatic carbocycles. The number of rotatable bonds is 7. The van der Waals surface area contributed by atoms with E-state index in [9.17, 15) is 0 Å². The molecule has 0 saturated heterocycles. The third kappa shape index (κ3) is 6.17. The average molecular weight is 420 g/mol. The SMILES string of the molecule is Clc1ccc(CN/N=C\c2cccc(OCc3ccc(Cl)cc3Cl)c2)cc1. The molecule has 0 radical (unpaired) electrons. The van der Waals surface area contributed by atoms with Gasteiger partial charge in [0.15, 0.2) is 0 Å². The van der Waals surface area contributed by atoms with Gasteiger partial charge in [0.2, 0.25) is 0 Å². The Morgan fingerprint density at radius 2 is 1.67 bits per heavy atom. The molecule has 0 aliphatic carbocycles. The summed E-state index contributed by atoms with van der Waals surface area (Å²) in [6.07, 6.45) is 1.75.